The molecule has 0 bridgehead atoms. The zero-order valence-electron chi connectivity index (χ0n) is 12.3. The maximum Gasteiger partial charge on any atom is 0.118 e. The minimum Gasteiger partial charge on any atom is -0.497 e. The van der Waals surface area contributed by atoms with E-state index in [2.05, 4.69) is 17.4 Å². The van der Waals surface area contributed by atoms with Gasteiger partial charge in [0.05, 0.1) is 19.8 Å². The summed E-state index contributed by atoms with van der Waals surface area (Å²) in [7, 11) is 3.30. The summed E-state index contributed by atoms with van der Waals surface area (Å²) in [4.78, 5) is 0. The summed E-state index contributed by atoms with van der Waals surface area (Å²) in [6.45, 7) is 1.20. The van der Waals surface area contributed by atoms with Gasteiger partial charge in [0.1, 0.15) is 5.75 Å². The highest BCUT2D eigenvalue weighted by atomic mass is 16.5. The van der Waals surface area contributed by atoms with Crippen molar-refractivity contribution < 1.29 is 14.6 Å². The molecule has 1 saturated carbocycles. The molecule has 20 heavy (non-hydrogen) atoms. The third-order valence-corrected chi connectivity index (χ3v) is 3.77. The minimum absolute atomic E-state index is 0.385. The summed E-state index contributed by atoms with van der Waals surface area (Å²) < 4.78 is 10.1. The largest absolute Gasteiger partial charge is 0.497 e. The zero-order valence-corrected chi connectivity index (χ0v) is 12.3. The van der Waals surface area contributed by atoms with E-state index in [1.54, 1.807) is 14.2 Å². The van der Waals surface area contributed by atoms with Crippen molar-refractivity contribution in [3.63, 3.8) is 0 Å². The van der Waals surface area contributed by atoms with E-state index in [0.717, 1.165) is 18.2 Å². The molecular formula is C16H25NO3. The molecule has 0 spiro atoms. The maximum absolute atomic E-state index is 9.67. The zero-order chi connectivity index (χ0) is 14.4. The Morgan fingerprint density at radius 1 is 1.25 bits per heavy atom. The first kappa shape index (κ1) is 15.3. The van der Waals surface area contributed by atoms with Gasteiger partial charge in [-0.2, -0.15) is 0 Å². The number of hydrogen-bond donors (Lipinski definition) is 2. The first-order chi connectivity index (χ1) is 9.74. The Labute approximate surface area is 121 Å². The topological polar surface area (TPSA) is 50.7 Å². The van der Waals surface area contributed by atoms with Crippen LogP contribution in [0.25, 0.3) is 0 Å². The van der Waals surface area contributed by atoms with Crippen molar-refractivity contribution in [3.8, 4) is 5.75 Å². The second-order valence-electron chi connectivity index (χ2n) is 5.44. The second-order valence-corrected chi connectivity index (χ2v) is 5.44. The lowest BCUT2D eigenvalue weighted by atomic mass is 10.0. The normalized spacial score (nSPS) is 17.8. The van der Waals surface area contributed by atoms with Crippen molar-refractivity contribution in [1.82, 2.24) is 5.32 Å². The fraction of sp³-hybridized carbons (Fsp3) is 0.625. The van der Waals surface area contributed by atoms with Gasteiger partial charge < -0.3 is 19.9 Å². The summed E-state index contributed by atoms with van der Waals surface area (Å²) in [6.07, 6.45) is 2.89. The Hall–Kier alpha value is -1.10. The van der Waals surface area contributed by atoms with Gasteiger partial charge in [0, 0.05) is 13.2 Å². The molecule has 0 radical (unpaired) electrons. The highest BCUT2D eigenvalue weighted by molar-refractivity contribution is 5.30. The van der Waals surface area contributed by atoms with Crippen LogP contribution in [-0.4, -0.2) is 38.6 Å². The lowest BCUT2D eigenvalue weighted by molar-refractivity contribution is 0.0588. The fourth-order valence-electron chi connectivity index (χ4n) is 2.48. The monoisotopic (exact) mass is 279 g/mol. The molecule has 2 atom stereocenters. The maximum atomic E-state index is 9.67. The second kappa shape index (κ2) is 7.62. The van der Waals surface area contributed by atoms with E-state index in [0.29, 0.717) is 19.1 Å². The van der Waals surface area contributed by atoms with Gasteiger partial charge in [-0.1, -0.05) is 12.1 Å². The van der Waals surface area contributed by atoms with Gasteiger partial charge >= 0.3 is 0 Å². The summed E-state index contributed by atoms with van der Waals surface area (Å²) >= 11 is 0. The van der Waals surface area contributed by atoms with Crippen LogP contribution >= 0.6 is 0 Å². The van der Waals surface area contributed by atoms with Crippen LogP contribution in [0.2, 0.25) is 0 Å². The van der Waals surface area contributed by atoms with Crippen molar-refractivity contribution in [2.24, 2.45) is 5.92 Å². The van der Waals surface area contributed by atoms with Gasteiger partial charge in [0.2, 0.25) is 0 Å². The van der Waals surface area contributed by atoms with Gasteiger partial charge in [0.25, 0.3) is 0 Å². The summed E-state index contributed by atoms with van der Waals surface area (Å²) in [5.41, 5.74) is 1.30. The van der Waals surface area contributed by atoms with E-state index in [1.807, 2.05) is 12.1 Å². The lowest BCUT2D eigenvalue weighted by Gasteiger charge is -2.20. The number of aliphatic hydroxyl groups excluding tert-OH is 1. The van der Waals surface area contributed by atoms with Gasteiger partial charge in [0.15, 0.2) is 0 Å². The quantitative estimate of drug-likeness (QED) is 0.727. The molecule has 1 aliphatic rings. The molecule has 0 aromatic heterocycles. The molecule has 0 amide bonds. The molecule has 0 aliphatic heterocycles. The smallest absolute Gasteiger partial charge is 0.118 e. The van der Waals surface area contributed by atoms with Gasteiger partial charge in [-0.05, 0) is 49.4 Å². The number of ether oxygens (including phenoxy) is 2. The molecule has 0 heterocycles. The van der Waals surface area contributed by atoms with Gasteiger partial charge in [-0.3, -0.25) is 0 Å². The predicted octanol–water partition coefficient (Wildman–Crippen LogP) is 2.13. The summed E-state index contributed by atoms with van der Waals surface area (Å²) in [6, 6.07) is 8.65. The van der Waals surface area contributed by atoms with Crippen molar-refractivity contribution in [1.29, 1.82) is 0 Å². The van der Waals surface area contributed by atoms with E-state index >= 15 is 0 Å². The Kier molecular flexibility index (Phi) is 5.83. The average molecular weight is 279 g/mol. The third kappa shape index (κ3) is 4.47. The molecule has 1 aliphatic carbocycles. The Morgan fingerprint density at radius 3 is 2.50 bits per heavy atom. The Balaban J connectivity index is 1.86. The Bertz CT molecular complexity index is 389. The van der Waals surface area contributed by atoms with Crippen molar-refractivity contribution in [3.05, 3.63) is 29.8 Å². The molecule has 2 rings (SSSR count). The molecule has 2 unspecified atom stereocenters. The molecule has 1 fully saturated rings. The first-order valence-corrected chi connectivity index (χ1v) is 7.29. The van der Waals surface area contributed by atoms with Crippen molar-refractivity contribution >= 4 is 0 Å². The number of methoxy groups -OCH3 is 2. The first-order valence-electron chi connectivity index (χ1n) is 7.29. The summed E-state index contributed by atoms with van der Waals surface area (Å²) in [5.74, 6) is 1.61. The van der Waals surface area contributed by atoms with Crippen LogP contribution in [0.5, 0.6) is 5.75 Å². The fourth-order valence-corrected chi connectivity index (χ4v) is 2.48. The van der Waals surface area contributed by atoms with E-state index in [9.17, 15) is 5.11 Å². The number of aliphatic hydroxyl groups is 1. The van der Waals surface area contributed by atoms with Crippen molar-refractivity contribution in [2.75, 3.05) is 27.4 Å². The van der Waals surface area contributed by atoms with E-state index in [-0.39, 0.29) is 6.10 Å². The summed E-state index contributed by atoms with van der Waals surface area (Å²) in [5, 5.41) is 13.2. The van der Waals surface area contributed by atoms with Crippen LogP contribution in [-0.2, 0) is 4.74 Å². The standard InChI is InChI=1S/C16H25NO3/c1-19-11-14(18)9-10-17-16(12-3-4-12)13-5-7-15(20-2)8-6-13/h5-8,12,14,16-18H,3-4,9-11H2,1-2H3. The van der Waals surface area contributed by atoms with Crippen LogP contribution in [0.1, 0.15) is 30.9 Å². The van der Waals surface area contributed by atoms with E-state index in [1.165, 1.54) is 18.4 Å². The van der Waals surface area contributed by atoms with Crippen LogP contribution in [0.15, 0.2) is 24.3 Å². The third-order valence-electron chi connectivity index (χ3n) is 3.77. The molecule has 1 aromatic carbocycles. The average Bonchev–Trinajstić information content (AvgIpc) is 3.29. The van der Waals surface area contributed by atoms with E-state index < -0.39 is 0 Å². The number of nitrogens with one attached hydrogen (secondary N) is 1. The highest BCUT2D eigenvalue weighted by Crippen LogP contribution is 2.41. The van der Waals surface area contributed by atoms with Crippen LogP contribution in [0.4, 0.5) is 0 Å². The molecule has 2 N–H and O–H groups in total. The predicted molar refractivity (Wildman–Crippen MR) is 79.0 cm³/mol. The molecular weight excluding hydrogens is 254 g/mol. The van der Waals surface area contributed by atoms with E-state index in [4.69, 9.17) is 9.47 Å². The minimum atomic E-state index is -0.386. The molecule has 4 heteroatoms. The Morgan fingerprint density at radius 2 is 1.95 bits per heavy atom. The molecule has 0 saturated heterocycles. The number of hydrogen-bond acceptors (Lipinski definition) is 4. The number of rotatable bonds is 9. The van der Waals surface area contributed by atoms with Crippen LogP contribution < -0.4 is 10.1 Å². The molecule has 112 valence electrons. The highest BCUT2D eigenvalue weighted by Gasteiger charge is 2.31. The van der Waals surface area contributed by atoms with Gasteiger partial charge in [-0.25, -0.2) is 0 Å². The van der Waals surface area contributed by atoms with Crippen molar-refractivity contribution in [2.45, 2.75) is 31.4 Å². The molecule has 4 nitrogen and oxygen atoms in total. The number of benzene rings is 1. The van der Waals surface area contributed by atoms with Crippen LogP contribution in [0, 0.1) is 5.92 Å². The van der Waals surface area contributed by atoms with Gasteiger partial charge in [-0.15, -0.1) is 0 Å². The van der Waals surface area contributed by atoms with Crippen LogP contribution in [0.3, 0.4) is 0 Å². The molecule has 1 aromatic rings. The lowest BCUT2D eigenvalue weighted by Crippen LogP contribution is -2.28. The SMILES string of the molecule is COCC(O)CCNC(c1ccc(OC)cc1)C1CC1.